The zero-order valence-electron chi connectivity index (χ0n) is 9.20. The van der Waals surface area contributed by atoms with Crippen molar-refractivity contribution in [1.29, 1.82) is 0 Å². The lowest BCUT2D eigenvalue weighted by Crippen LogP contribution is -2.26. The van der Waals surface area contributed by atoms with Crippen LogP contribution < -0.4 is 0 Å². The van der Waals surface area contributed by atoms with Crippen molar-refractivity contribution in [3.63, 3.8) is 0 Å². The number of Topliss-reactive ketones (excluding diaryl/α,β-unsaturated/α-hetero) is 1. The highest BCUT2D eigenvalue weighted by Gasteiger charge is 2.26. The second-order valence-electron chi connectivity index (χ2n) is 3.35. The van der Waals surface area contributed by atoms with E-state index in [0.717, 1.165) is 5.56 Å². The van der Waals surface area contributed by atoms with E-state index in [0.29, 0.717) is 5.56 Å². The van der Waals surface area contributed by atoms with E-state index in [1.54, 1.807) is 25.1 Å². The molecule has 0 N–H and O–H groups in total. The predicted octanol–water partition coefficient (Wildman–Crippen LogP) is 2.35. The lowest BCUT2D eigenvalue weighted by atomic mass is 10.1. The summed E-state index contributed by atoms with van der Waals surface area (Å²) in [7, 11) is 0. The Balaban J connectivity index is 2.82. The van der Waals surface area contributed by atoms with E-state index >= 15 is 0 Å². The quantitative estimate of drug-likeness (QED) is 0.351. The van der Waals surface area contributed by atoms with E-state index in [4.69, 9.17) is 11.6 Å². The number of benzene rings is 1. The molecule has 0 radical (unpaired) electrons. The molecule has 0 aliphatic rings. The van der Waals surface area contributed by atoms with Gasteiger partial charge in [-0.3, -0.25) is 4.79 Å². The molecule has 0 aromatic heterocycles. The molecule has 1 unspecified atom stereocenters. The zero-order chi connectivity index (χ0) is 12.1. The standard InChI is InChI=1S/C12H13ClO3/c1-3-16-12(15)10(13)11(14)9-6-4-5-8(2)7-9/h4-7,10H,3H2,1-2H3. The highest BCUT2D eigenvalue weighted by atomic mass is 35.5. The lowest BCUT2D eigenvalue weighted by molar-refractivity contribution is -0.141. The van der Waals surface area contributed by atoms with Gasteiger partial charge in [-0.05, 0) is 19.9 Å². The first kappa shape index (κ1) is 12.7. The van der Waals surface area contributed by atoms with Crippen LogP contribution in [-0.2, 0) is 9.53 Å². The minimum Gasteiger partial charge on any atom is -0.465 e. The highest BCUT2D eigenvalue weighted by molar-refractivity contribution is 6.43. The van der Waals surface area contributed by atoms with Crippen LogP contribution >= 0.6 is 11.6 Å². The number of rotatable bonds is 4. The first-order chi connectivity index (χ1) is 7.56. The van der Waals surface area contributed by atoms with Gasteiger partial charge in [-0.2, -0.15) is 0 Å². The average Bonchev–Trinajstić information content (AvgIpc) is 2.27. The molecule has 86 valence electrons. The van der Waals surface area contributed by atoms with E-state index in [1.165, 1.54) is 0 Å². The fourth-order valence-electron chi connectivity index (χ4n) is 1.27. The molecule has 3 nitrogen and oxygen atoms in total. The second-order valence-corrected chi connectivity index (χ2v) is 3.78. The molecule has 0 saturated carbocycles. The number of ether oxygens (including phenoxy) is 1. The van der Waals surface area contributed by atoms with Crippen molar-refractivity contribution in [2.75, 3.05) is 6.61 Å². The van der Waals surface area contributed by atoms with E-state index in [2.05, 4.69) is 4.74 Å². The molecule has 0 fully saturated rings. The molecule has 1 rings (SSSR count). The summed E-state index contributed by atoms with van der Waals surface area (Å²) in [5.41, 5.74) is 1.37. The third-order valence-corrected chi connectivity index (χ3v) is 2.40. The summed E-state index contributed by atoms with van der Waals surface area (Å²) in [6.45, 7) is 3.74. The Morgan fingerprint density at radius 2 is 2.12 bits per heavy atom. The number of carbonyl (C=O) groups excluding carboxylic acids is 2. The SMILES string of the molecule is CCOC(=O)C(Cl)C(=O)c1cccc(C)c1. The molecule has 0 amide bonds. The van der Waals surface area contributed by atoms with Gasteiger partial charge in [0.25, 0.3) is 0 Å². The Bertz CT molecular complexity index is 401. The van der Waals surface area contributed by atoms with Gasteiger partial charge in [0.15, 0.2) is 11.2 Å². The van der Waals surface area contributed by atoms with Crippen LogP contribution in [0.25, 0.3) is 0 Å². The molecule has 4 heteroatoms. The van der Waals surface area contributed by atoms with Crippen LogP contribution in [0.4, 0.5) is 0 Å². The Labute approximate surface area is 99.4 Å². The molecule has 0 saturated heterocycles. The minimum atomic E-state index is -1.26. The van der Waals surface area contributed by atoms with Crippen molar-refractivity contribution in [1.82, 2.24) is 0 Å². The number of alkyl halides is 1. The molecule has 16 heavy (non-hydrogen) atoms. The van der Waals surface area contributed by atoms with Crippen molar-refractivity contribution in [3.05, 3.63) is 35.4 Å². The highest BCUT2D eigenvalue weighted by Crippen LogP contribution is 2.11. The van der Waals surface area contributed by atoms with Crippen LogP contribution in [0.15, 0.2) is 24.3 Å². The summed E-state index contributed by atoms with van der Waals surface area (Å²) >= 11 is 5.72. The van der Waals surface area contributed by atoms with Gasteiger partial charge in [0.2, 0.25) is 0 Å². The molecular weight excluding hydrogens is 228 g/mol. The average molecular weight is 241 g/mol. The minimum absolute atomic E-state index is 0.211. The number of aryl methyl sites for hydroxylation is 1. The first-order valence-corrected chi connectivity index (χ1v) is 5.41. The van der Waals surface area contributed by atoms with Crippen LogP contribution in [0.3, 0.4) is 0 Å². The predicted molar refractivity (Wildman–Crippen MR) is 61.8 cm³/mol. The summed E-state index contributed by atoms with van der Waals surface area (Å²) in [5.74, 6) is -1.13. The molecule has 0 aliphatic heterocycles. The summed E-state index contributed by atoms with van der Waals surface area (Å²) in [5, 5.41) is -1.26. The van der Waals surface area contributed by atoms with Gasteiger partial charge in [0.05, 0.1) is 6.61 Å². The summed E-state index contributed by atoms with van der Waals surface area (Å²) in [4.78, 5) is 23.0. The number of esters is 1. The normalized spacial score (nSPS) is 11.9. The number of ketones is 1. The Morgan fingerprint density at radius 1 is 1.44 bits per heavy atom. The third kappa shape index (κ3) is 3.07. The Hall–Kier alpha value is -1.35. The lowest BCUT2D eigenvalue weighted by Gasteiger charge is -2.08. The largest absolute Gasteiger partial charge is 0.465 e. The third-order valence-electron chi connectivity index (χ3n) is 2.03. The van der Waals surface area contributed by atoms with Crippen LogP contribution in [0.2, 0.25) is 0 Å². The topological polar surface area (TPSA) is 43.4 Å². The van der Waals surface area contributed by atoms with Crippen molar-refractivity contribution in [2.24, 2.45) is 0 Å². The van der Waals surface area contributed by atoms with Gasteiger partial charge in [0.1, 0.15) is 0 Å². The maximum Gasteiger partial charge on any atom is 0.332 e. The van der Waals surface area contributed by atoms with Gasteiger partial charge < -0.3 is 4.74 Å². The molecule has 0 bridgehead atoms. The van der Waals surface area contributed by atoms with E-state index < -0.39 is 17.1 Å². The molecular formula is C12H13ClO3. The smallest absolute Gasteiger partial charge is 0.332 e. The summed E-state index contributed by atoms with van der Waals surface area (Å²) in [6.07, 6.45) is 0. The van der Waals surface area contributed by atoms with Crippen molar-refractivity contribution < 1.29 is 14.3 Å². The number of hydrogen-bond acceptors (Lipinski definition) is 3. The Morgan fingerprint density at radius 3 is 2.69 bits per heavy atom. The van der Waals surface area contributed by atoms with E-state index in [1.807, 2.05) is 13.0 Å². The zero-order valence-corrected chi connectivity index (χ0v) is 9.95. The fraction of sp³-hybridized carbons (Fsp3) is 0.333. The maximum atomic E-state index is 11.8. The van der Waals surface area contributed by atoms with Gasteiger partial charge in [-0.1, -0.05) is 23.8 Å². The molecule has 1 atom stereocenters. The first-order valence-electron chi connectivity index (χ1n) is 4.98. The van der Waals surface area contributed by atoms with Crippen LogP contribution in [0, 0.1) is 6.92 Å². The van der Waals surface area contributed by atoms with Gasteiger partial charge in [0, 0.05) is 5.56 Å². The summed E-state index contributed by atoms with van der Waals surface area (Å²) in [6, 6.07) is 6.93. The van der Waals surface area contributed by atoms with Crippen LogP contribution in [0.1, 0.15) is 22.8 Å². The van der Waals surface area contributed by atoms with Crippen molar-refractivity contribution in [3.8, 4) is 0 Å². The monoisotopic (exact) mass is 240 g/mol. The van der Waals surface area contributed by atoms with Crippen molar-refractivity contribution >= 4 is 23.4 Å². The Kier molecular flexibility index (Phi) is 4.50. The van der Waals surface area contributed by atoms with Crippen LogP contribution in [0.5, 0.6) is 0 Å². The molecule has 0 aliphatic carbocycles. The molecule has 1 aromatic carbocycles. The fourth-order valence-corrected chi connectivity index (χ4v) is 1.46. The van der Waals surface area contributed by atoms with Crippen LogP contribution in [-0.4, -0.2) is 23.7 Å². The van der Waals surface area contributed by atoms with Gasteiger partial charge >= 0.3 is 5.97 Å². The van der Waals surface area contributed by atoms with E-state index in [9.17, 15) is 9.59 Å². The van der Waals surface area contributed by atoms with E-state index in [-0.39, 0.29) is 6.61 Å². The second kappa shape index (κ2) is 5.66. The summed E-state index contributed by atoms with van der Waals surface area (Å²) < 4.78 is 4.68. The van der Waals surface area contributed by atoms with Crippen molar-refractivity contribution in [2.45, 2.75) is 19.2 Å². The van der Waals surface area contributed by atoms with Gasteiger partial charge in [-0.25, -0.2) is 4.79 Å². The maximum absolute atomic E-state index is 11.8. The van der Waals surface area contributed by atoms with Gasteiger partial charge in [-0.15, -0.1) is 11.6 Å². The number of halogens is 1. The number of hydrogen-bond donors (Lipinski definition) is 0. The molecule has 0 spiro atoms. The molecule has 0 heterocycles. The molecule has 1 aromatic rings. The number of carbonyl (C=O) groups is 2.